The molecule has 0 radical (unpaired) electrons. The van der Waals surface area contributed by atoms with Crippen molar-refractivity contribution in [2.45, 2.75) is 6.61 Å². The minimum absolute atomic E-state index is 0.283. The summed E-state index contributed by atoms with van der Waals surface area (Å²) in [5.41, 5.74) is 10.7. The van der Waals surface area contributed by atoms with Crippen LogP contribution in [0.2, 0.25) is 0 Å². The summed E-state index contributed by atoms with van der Waals surface area (Å²) in [6.45, 7) is -0.283. The van der Waals surface area contributed by atoms with E-state index in [2.05, 4.69) is 0 Å². The zero-order valence-corrected chi connectivity index (χ0v) is 13.0. The Morgan fingerprint density at radius 1 is 0.958 bits per heavy atom. The third kappa shape index (κ3) is 2.25. The van der Waals surface area contributed by atoms with Crippen molar-refractivity contribution in [3.63, 3.8) is 0 Å². The number of rotatable bonds is 2. The molecule has 0 spiro atoms. The summed E-state index contributed by atoms with van der Waals surface area (Å²) >= 11 is 0. The van der Waals surface area contributed by atoms with Gasteiger partial charge in [-0.1, -0.05) is 29.8 Å². The lowest BCUT2D eigenvalue weighted by Gasteiger charge is -2.18. The molecular weight excluding hydrogens is 300 g/mol. The van der Waals surface area contributed by atoms with Crippen molar-refractivity contribution >= 4 is 16.7 Å². The number of hydrogen-bond donors (Lipinski definition) is 2. The van der Waals surface area contributed by atoms with Gasteiger partial charge in [-0.15, -0.1) is 6.61 Å². The molecule has 2 aromatic carbocycles. The molecule has 1 aliphatic carbocycles. The van der Waals surface area contributed by atoms with E-state index in [0.717, 1.165) is 27.6 Å². The molecule has 0 fully saturated rings. The lowest BCUT2D eigenvalue weighted by Crippen LogP contribution is -2.44. The summed E-state index contributed by atoms with van der Waals surface area (Å²) < 4.78 is 6.01. The second kappa shape index (κ2) is 5.51. The van der Waals surface area contributed by atoms with Gasteiger partial charge in [-0.3, -0.25) is 5.41 Å². The number of nitrogens with two attached hydrogens (primary N) is 2. The van der Waals surface area contributed by atoms with Crippen LogP contribution >= 0.6 is 0 Å². The molecule has 4 N–H and O–H groups in total. The molecule has 24 heavy (non-hydrogen) atoms. The molecule has 4 rings (SSSR count). The van der Waals surface area contributed by atoms with E-state index in [0.29, 0.717) is 22.4 Å². The van der Waals surface area contributed by atoms with Crippen LogP contribution in [-0.2, 0) is 6.61 Å². The number of hydrogen-bond acceptors (Lipinski definition) is 3. The maximum absolute atomic E-state index is 11.6. The highest BCUT2D eigenvalue weighted by Crippen LogP contribution is 2.41. The standard InChI is InChI=1S/C20H15N2O2/c21-13-5-7-16-18(9-13)24-19-10-14(22)6-8-17(19)20(16)15-4-2-1-3-12(15)11-23/h1-10,21H,11,22H2/q-1/p+1. The molecule has 1 heterocycles. The number of nitrogen functional groups attached to an aromatic ring is 1. The molecule has 4 nitrogen and oxygen atoms in total. The zero-order chi connectivity index (χ0) is 16.7. The van der Waals surface area contributed by atoms with E-state index >= 15 is 0 Å². The van der Waals surface area contributed by atoms with E-state index < -0.39 is 0 Å². The second-order valence-corrected chi connectivity index (χ2v) is 5.79. The van der Waals surface area contributed by atoms with Crippen molar-refractivity contribution in [3.05, 3.63) is 71.6 Å². The van der Waals surface area contributed by atoms with Gasteiger partial charge in [0.2, 0.25) is 0 Å². The van der Waals surface area contributed by atoms with Gasteiger partial charge in [0.25, 0.3) is 0 Å². The highest BCUT2D eigenvalue weighted by Gasteiger charge is 2.18. The second-order valence-electron chi connectivity index (χ2n) is 5.79. The first-order valence-electron chi connectivity index (χ1n) is 7.68. The molecule has 0 aromatic heterocycles. The maximum Gasteiger partial charge on any atom is 0.200 e. The van der Waals surface area contributed by atoms with Crippen molar-refractivity contribution < 1.29 is 14.9 Å². The van der Waals surface area contributed by atoms with E-state index in [1.54, 1.807) is 12.1 Å². The summed E-state index contributed by atoms with van der Waals surface area (Å²) in [6.07, 6.45) is 0. The van der Waals surface area contributed by atoms with Crippen LogP contribution in [0.3, 0.4) is 0 Å². The van der Waals surface area contributed by atoms with Gasteiger partial charge >= 0.3 is 0 Å². The van der Waals surface area contributed by atoms with Gasteiger partial charge in [0, 0.05) is 34.3 Å². The summed E-state index contributed by atoms with van der Waals surface area (Å²) in [6, 6.07) is 18.8. The van der Waals surface area contributed by atoms with Crippen molar-refractivity contribution in [3.8, 4) is 22.5 Å². The Morgan fingerprint density at radius 2 is 1.79 bits per heavy atom. The van der Waals surface area contributed by atoms with E-state index in [1.165, 1.54) is 0 Å². The Hall–Kier alpha value is -3.11. The maximum atomic E-state index is 11.6. The summed E-state index contributed by atoms with van der Waals surface area (Å²) in [5.74, 6) is 0.670. The van der Waals surface area contributed by atoms with Crippen LogP contribution in [0, 0.1) is 0 Å². The van der Waals surface area contributed by atoms with Crippen LogP contribution in [0.1, 0.15) is 5.56 Å². The smallest absolute Gasteiger partial charge is 0.200 e. The molecule has 118 valence electrons. The molecule has 0 amide bonds. The van der Waals surface area contributed by atoms with E-state index in [1.807, 2.05) is 48.5 Å². The molecule has 0 bridgehead atoms. The van der Waals surface area contributed by atoms with Gasteiger partial charge in [-0.2, -0.15) is 0 Å². The van der Waals surface area contributed by atoms with Crippen LogP contribution in [0.4, 0.5) is 5.69 Å². The summed E-state index contributed by atoms with van der Waals surface area (Å²) in [5, 5.41) is 19.1. The lowest BCUT2D eigenvalue weighted by molar-refractivity contribution is -0.386. The Kier molecular flexibility index (Phi) is 3.32. The fraction of sp³-hybridized carbons (Fsp3) is 0.0500. The van der Waals surface area contributed by atoms with Crippen LogP contribution in [0.25, 0.3) is 33.4 Å². The lowest BCUT2D eigenvalue weighted by atomic mass is 9.91. The average Bonchev–Trinajstić information content (AvgIpc) is 2.59. The Bertz CT molecular complexity index is 1080. The Morgan fingerprint density at radius 3 is 2.62 bits per heavy atom. The molecule has 2 aliphatic rings. The molecule has 0 atom stereocenters. The summed E-state index contributed by atoms with van der Waals surface area (Å²) in [4.78, 5) is 0. The minimum atomic E-state index is -0.283. The van der Waals surface area contributed by atoms with Gasteiger partial charge < -0.3 is 15.3 Å². The molecule has 0 saturated heterocycles. The first-order chi connectivity index (χ1) is 11.7. The number of benzene rings is 3. The van der Waals surface area contributed by atoms with Gasteiger partial charge in [0.15, 0.2) is 5.36 Å². The van der Waals surface area contributed by atoms with Crippen molar-refractivity contribution in [1.29, 1.82) is 0 Å². The van der Waals surface area contributed by atoms with E-state index in [4.69, 9.17) is 15.6 Å². The van der Waals surface area contributed by atoms with Crippen LogP contribution in [-0.4, -0.2) is 0 Å². The van der Waals surface area contributed by atoms with Gasteiger partial charge in [0.1, 0.15) is 11.3 Å². The minimum Gasteiger partial charge on any atom is -0.851 e. The third-order valence-corrected chi connectivity index (χ3v) is 4.21. The predicted octanol–water partition coefficient (Wildman–Crippen LogP) is 1.31. The quantitative estimate of drug-likeness (QED) is 0.432. The highest BCUT2D eigenvalue weighted by molar-refractivity contribution is 6.03. The molecule has 0 unspecified atom stereocenters. The van der Waals surface area contributed by atoms with Crippen molar-refractivity contribution in [1.82, 2.24) is 0 Å². The summed E-state index contributed by atoms with van der Waals surface area (Å²) in [7, 11) is 0. The van der Waals surface area contributed by atoms with Crippen molar-refractivity contribution in [2.24, 2.45) is 0 Å². The molecule has 2 aromatic rings. The fourth-order valence-corrected chi connectivity index (χ4v) is 3.10. The molecule has 0 saturated carbocycles. The number of anilines is 1. The fourth-order valence-electron chi connectivity index (χ4n) is 3.10. The monoisotopic (exact) mass is 316 g/mol. The Balaban J connectivity index is 2.21. The molecular formula is C20H16N2O2. The SMILES string of the molecule is Nc1ccc2c(-c3ccccc3C[O-])c3ccc(=[NH2+])cc-3oc2c1. The normalized spacial score (nSPS) is 11.2. The Labute approximate surface area is 138 Å². The first-order valence-corrected chi connectivity index (χ1v) is 7.68. The van der Waals surface area contributed by atoms with Crippen LogP contribution in [0.5, 0.6) is 0 Å². The van der Waals surface area contributed by atoms with Crippen LogP contribution < -0.4 is 21.6 Å². The molecule has 1 aliphatic heterocycles. The zero-order valence-electron chi connectivity index (χ0n) is 13.0. The average molecular weight is 316 g/mol. The molecule has 4 heteroatoms. The predicted molar refractivity (Wildman–Crippen MR) is 91.4 cm³/mol. The number of fused-ring (bicyclic) bond motifs is 2. The highest BCUT2D eigenvalue weighted by atomic mass is 16.3. The van der Waals surface area contributed by atoms with Gasteiger partial charge in [-0.25, -0.2) is 0 Å². The van der Waals surface area contributed by atoms with Gasteiger partial charge in [-0.05, 0) is 23.8 Å². The van der Waals surface area contributed by atoms with E-state index in [-0.39, 0.29) is 6.61 Å². The van der Waals surface area contributed by atoms with E-state index in [9.17, 15) is 5.11 Å². The largest absolute Gasteiger partial charge is 0.851 e. The van der Waals surface area contributed by atoms with Crippen molar-refractivity contribution in [2.75, 3.05) is 5.73 Å². The third-order valence-electron chi connectivity index (χ3n) is 4.21. The van der Waals surface area contributed by atoms with Gasteiger partial charge in [0.05, 0.1) is 6.07 Å². The first kappa shape index (κ1) is 14.5. The van der Waals surface area contributed by atoms with Crippen LogP contribution in [0.15, 0.2) is 65.1 Å². The topological polar surface area (TPSA) is 87.8 Å².